The van der Waals surface area contributed by atoms with E-state index < -0.39 is 0 Å². The number of unbranched alkanes of at least 4 members (excludes halogenated alkanes) is 5. The summed E-state index contributed by atoms with van der Waals surface area (Å²) in [4.78, 5) is 11.5. The smallest absolute Gasteiger partial charge is 0.219 e. The minimum Gasteiger partial charge on any atom is -0.356 e. The van der Waals surface area contributed by atoms with E-state index in [1.54, 1.807) is 0 Å². The largest absolute Gasteiger partial charge is 0.356 e. The van der Waals surface area contributed by atoms with E-state index in [-0.39, 0.29) is 5.91 Å². The lowest BCUT2D eigenvalue weighted by Gasteiger charge is -2.06. The van der Waals surface area contributed by atoms with Crippen molar-refractivity contribution in [1.29, 1.82) is 0 Å². The van der Waals surface area contributed by atoms with Gasteiger partial charge in [-0.15, -0.1) is 0 Å². The standard InChI is InChI=1S/C15H31NO/c1-4-5-6-10-13-16-15(17)12-9-7-8-11-14(2)3/h14H,4-13H2,1-3H3,(H,16,17). The highest BCUT2D eigenvalue weighted by molar-refractivity contribution is 5.75. The van der Waals surface area contributed by atoms with Crippen LogP contribution in [0.25, 0.3) is 0 Å². The van der Waals surface area contributed by atoms with Crippen LogP contribution < -0.4 is 5.32 Å². The molecule has 0 fully saturated rings. The Bertz CT molecular complexity index is 178. The van der Waals surface area contributed by atoms with Crippen molar-refractivity contribution >= 4 is 5.91 Å². The highest BCUT2D eigenvalue weighted by atomic mass is 16.1. The van der Waals surface area contributed by atoms with Crippen LogP contribution in [0.1, 0.15) is 78.6 Å². The van der Waals surface area contributed by atoms with E-state index in [4.69, 9.17) is 0 Å². The molecule has 2 heteroatoms. The van der Waals surface area contributed by atoms with Crippen LogP contribution in [0.3, 0.4) is 0 Å². The Hall–Kier alpha value is -0.530. The molecule has 0 aliphatic carbocycles. The third-order valence-corrected chi connectivity index (χ3v) is 3.04. The number of rotatable bonds is 11. The Labute approximate surface area is 108 Å². The quantitative estimate of drug-likeness (QED) is 0.537. The fraction of sp³-hybridized carbons (Fsp3) is 0.933. The fourth-order valence-electron chi connectivity index (χ4n) is 1.88. The van der Waals surface area contributed by atoms with Crippen LogP contribution in [0.5, 0.6) is 0 Å². The number of nitrogens with one attached hydrogen (secondary N) is 1. The van der Waals surface area contributed by atoms with E-state index in [0.717, 1.165) is 25.3 Å². The molecule has 0 aliphatic rings. The minimum atomic E-state index is 0.242. The van der Waals surface area contributed by atoms with Gasteiger partial charge in [-0.1, -0.05) is 59.3 Å². The number of carbonyl (C=O) groups excluding carboxylic acids is 1. The van der Waals surface area contributed by atoms with E-state index >= 15 is 0 Å². The van der Waals surface area contributed by atoms with Gasteiger partial charge < -0.3 is 5.32 Å². The zero-order chi connectivity index (χ0) is 12.9. The Balaban J connectivity index is 3.18. The second kappa shape index (κ2) is 11.9. The van der Waals surface area contributed by atoms with Crippen LogP contribution in [0, 0.1) is 5.92 Å². The fourth-order valence-corrected chi connectivity index (χ4v) is 1.88. The third kappa shape index (κ3) is 13.4. The molecule has 0 aromatic carbocycles. The van der Waals surface area contributed by atoms with Crippen LogP contribution in [-0.2, 0) is 4.79 Å². The molecule has 0 heterocycles. The van der Waals surface area contributed by atoms with Gasteiger partial charge in [-0.25, -0.2) is 0 Å². The monoisotopic (exact) mass is 241 g/mol. The molecule has 0 rings (SSSR count). The molecule has 0 spiro atoms. The maximum atomic E-state index is 11.5. The van der Waals surface area contributed by atoms with E-state index in [2.05, 4.69) is 26.1 Å². The van der Waals surface area contributed by atoms with Crippen molar-refractivity contribution in [2.24, 2.45) is 5.92 Å². The molecule has 0 bridgehead atoms. The van der Waals surface area contributed by atoms with Crippen molar-refractivity contribution in [3.05, 3.63) is 0 Å². The number of hydrogen-bond donors (Lipinski definition) is 1. The second-order valence-corrected chi connectivity index (χ2v) is 5.40. The van der Waals surface area contributed by atoms with Crippen molar-refractivity contribution in [3.63, 3.8) is 0 Å². The zero-order valence-electron chi connectivity index (χ0n) is 12.1. The Kier molecular flexibility index (Phi) is 11.6. The van der Waals surface area contributed by atoms with E-state index in [1.807, 2.05) is 0 Å². The zero-order valence-corrected chi connectivity index (χ0v) is 12.1. The molecule has 0 unspecified atom stereocenters. The van der Waals surface area contributed by atoms with Crippen LogP contribution in [-0.4, -0.2) is 12.5 Å². The van der Waals surface area contributed by atoms with Crippen LogP contribution in [0.2, 0.25) is 0 Å². The molecule has 0 radical (unpaired) electrons. The lowest BCUT2D eigenvalue weighted by atomic mass is 10.0. The summed E-state index contributed by atoms with van der Waals surface area (Å²) in [6, 6.07) is 0. The van der Waals surface area contributed by atoms with Crippen molar-refractivity contribution in [2.45, 2.75) is 78.6 Å². The van der Waals surface area contributed by atoms with Gasteiger partial charge in [0, 0.05) is 13.0 Å². The predicted octanol–water partition coefficient (Wildman–Crippen LogP) is 4.29. The summed E-state index contributed by atoms with van der Waals surface area (Å²) in [5.41, 5.74) is 0. The van der Waals surface area contributed by atoms with E-state index in [9.17, 15) is 4.79 Å². The van der Waals surface area contributed by atoms with Crippen molar-refractivity contribution in [3.8, 4) is 0 Å². The summed E-state index contributed by atoms with van der Waals surface area (Å²) < 4.78 is 0. The number of carbonyl (C=O) groups is 1. The van der Waals surface area contributed by atoms with E-state index in [1.165, 1.54) is 38.5 Å². The SMILES string of the molecule is CCCCCCNC(=O)CCCCCC(C)C. The van der Waals surface area contributed by atoms with Crippen LogP contribution >= 0.6 is 0 Å². The van der Waals surface area contributed by atoms with Crippen molar-refractivity contribution < 1.29 is 4.79 Å². The number of hydrogen-bond acceptors (Lipinski definition) is 1. The first-order valence-electron chi connectivity index (χ1n) is 7.43. The normalized spacial score (nSPS) is 10.8. The summed E-state index contributed by atoms with van der Waals surface area (Å²) in [6.07, 6.45) is 10.4. The molecule has 102 valence electrons. The Morgan fingerprint density at radius 2 is 1.71 bits per heavy atom. The summed E-state index contributed by atoms with van der Waals surface area (Å²) in [5.74, 6) is 1.04. The predicted molar refractivity (Wildman–Crippen MR) is 75.1 cm³/mol. The van der Waals surface area contributed by atoms with E-state index in [0.29, 0.717) is 6.42 Å². The second-order valence-electron chi connectivity index (χ2n) is 5.40. The minimum absolute atomic E-state index is 0.242. The van der Waals surface area contributed by atoms with Gasteiger partial charge in [0.15, 0.2) is 0 Å². The highest BCUT2D eigenvalue weighted by Crippen LogP contribution is 2.09. The summed E-state index contributed by atoms with van der Waals surface area (Å²) in [5, 5.41) is 3.00. The average Bonchev–Trinajstić information content (AvgIpc) is 2.28. The maximum absolute atomic E-state index is 11.5. The van der Waals surface area contributed by atoms with Crippen LogP contribution in [0.4, 0.5) is 0 Å². The molecule has 0 saturated heterocycles. The van der Waals surface area contributed by atoms with Crippen molar-refractivity contribution in [2.75, 3.05) is 6.54 Å². The van der Waals surface area contributed by atoms with Gasteiger partial charge in [0.25, 0.3) is 0 Å². The lowest BCUT2D eigenvalue weighted by Crippen LogP contribution is -2.23. The average molecular weight is 241 g/mol. The molecule has 1 amide bonds. The molecule has 0 aliphatic heterocycles. The molecule has 0 aromatic heterocycles. The molecule has 0 aromatic rings. The molecule has 0 atom stereocenters. The van der Waals surface area contributed by atoms with Gasteiger partial charge in [0.1, 0.15) is 0 Å². The van der Waals surface area contributed by atoms with Crippen LogP contribution in [0.15, 0.2) is 0 Å². The molecular formula is C15H31NO. The van der Waals surface area contributed by atoms with Gasteiger partial charge >= 0.3 is 0 Å². The molecule has 1 N–H and O–H groups in total. The maximum Gasteiger partial charge on any atom is 0.219 e. The lowest BCUT2D eigenvalue weighted by molar-refractivity contribution is -0.121. The first-order chi connectivity index (χ1) is 8.16. The van der Waals surface area contributed by atoms with Gasteiger partial charge in [-0.05, 0) is 18.8 Å². The summed E-state index contributed by atoms with van der Waals surface area (Å²) >= 11 is 0. The first kappa shape index (κ1) is 16.5. The molecular weight excluding hydrogens is 210 g/mol. The van der Waals surface area contributed by atoms with Gasteiger partial charge in [-0.3, -0.25) is 4.79 Å². The molecule has 0 saturated carbocycles. The Morgan fingerprint density at radius 1 is 1.00 bits per heavy atom. The third-order valence-electron chi connectivity index (χ3n) is 3.04. The summed E-state index contributed by atoms with van der Waals surface area (Å²) in [7, 11) is 0. The van der Waals surface area contributed by atoms with Gasteiger partial charge in [-0.2, -0.15) is 0 Å². The summed E-state index contributed by atoms with van der Waals surface area (Å²) in [6.45, 7) is 7.58. The van der Waals surface area contributed by atoms with Crippen molar-refractivity contribution in [1.82, 2.24) is 5.32 Å². The van der Waals surface area contributed by atoms with Gasteiger partial charge in [0.05, 0.1) is 0 Å². The van der Waals surface area contributed by atoms with Gasteiger partial charge in [0.2, 0.25) is 5.91 Å². The highest BCUT2D eigenvalue weighted by Gasteiger charge is 2.00. The molecule has 17 heavy (non-hydrogen) atoms. The first-order valence-corrected chi connectivity index (χ1v) is 7.43. The number of amides is 1. The Morgan fingerprint density at radius 3 is 2.35 bits per heavy atom. The molecule has 2 nitrogen and oxygen atoms in total. The topological polar surface area (TPSA) is 29.1 Å².